The van der Waals surface area contributed by atoms with Gasteiger partial charge in [-0.2, -0.15) is 0 Å². The summed E-state index contributed by atoms with van der Waals surface area (Å²) in [5.41, 5.74) is 3.55. The first kappa shape index (κ1) is 11.1. The summed E-state index contributed by atoms with van der Waals surface area (Å²) in [5, 5.41) is 2.65. The Morgan fingerprint density at radius 1 is 1.39 bits per heavy atom. The predicted molar refractivity (Wildman–Crippen MR) is 71.8 cm³/mol. The average molecular weight is 257 g/mol. The molecule has 3 rings (SSSR count). The van der Waals surface area contributed by atoms with Gasteiger partial charge in [0, 0.05) is 24.9 Å². The lowest BCUT2D eigenvalue weighted by molar-refractivity contribution is 0.101. The van der Waals surface area contributed by atoms with E-state index in [1.807, 2.05) is 29.8 Å². The zero-order valence-corrected chi connectivity index (χ0v) is 10.9. The molecule has 0 spiro atoms. The van der Waals surface area contributed by atoms with Gasteiger partial charge >= 0.3 is 0 Å². The number of nitrogens with zero attached hydrogens (tertiary/aromatic N) is 3. The van der Waals surface area contributed by atoms with Crippen molar-refractivity contribution >= 4 is 28.2 Å². The Balaban J connectivity index is 2.10. The van der Waals surface area contributed by atoms with Crippen molar-refractivity contribution in [2.75, 3.05) is 0 Å². The van der Waals surface area contributed by atoms with Crippen LogP contribution in [0.3, 0.4) is 0 Å². The molecule has 18 heavy (non-hydrogen) atoms. The van der Waals surface area contributed by atoms with E-state index in [1.165, 1.54) is 18.3 Å². The van der Waals surface area contributed by atoms with E-state index in [1.54, 1.807) is 11.7 Å². The molecule has 0 amide bonds. The number of Topliss-reactive ketones (excluding diaryl/α,β-unsaturated/α-hetero) is 1. The van der Waals surface area contributed by atoms with Crippen molar-refractivity contribution in [3.63, 3.8) is 0 Å². The molecule has 0 fully saturated rings. The number of hydrogen-bond acceptors (Lipinski definition) is 4. The molecule has 0 N–H and O–H groups in total. The summed E-state index contributed by atoms with van der Waals surface area (Å²) in [6.07, 6.45) is 1.79. The normalized spacial score (nSPS) is 11.0. The first-order chi connectivity index (χ1) is 8.65. The summed E-state index contributed by atoms with van der Waals surface area (Å²) in [5.74, 6) is -0.00332. The van der Waals surface area contributed by atoms with Gasteiger partial charge in [0.2, 0.25) is 0 Å². The summed E-state index contributed by atoms with van der Waals surface area (Å²) < 4.78 is 1.97. The van der Waals surface area contributed by atoms with Crippen LogP contribution in [0.2, 0.25) is 0 Å². The summed E-state index contributed by atoms with van der Waals surface area (Å²) in [6.45, 7) is 1.53. The van der Waals surface area contributed by atoms with Crippen molar-refractivity contribution in [3.8, 4) is 10.6 Å². The minimum atomic E-state index is -0.00332. The molecular formula is C13H11N3OS. The second-order valence-corrected chi connectivity index (χ2v) is 5.01. The number of fused-ring (bicyclic) bond motifs is 1. The van der Waals surface area contributed by atoms with Gasteiger partial charge in [0.15, 0.2) is 5.78 Å². The van der Waals surface area contributed by atoms with Crippen LogP contribution < -0.4 is 0 Å². The summed E-state index contributed by atoms with van der Waals surface area (Å²) in [4.78, 5) is 19.9. The number of thiazole rings is 1. The fourth-order valence-corrected chi connectivity index (χ4v) is 2.69. The van der Waals surface area contributed by atoms with Crippen LogP contribution in [-0.2, 0) is 7.05 Å². The molecule has 0 bridgehead atoms. The fraction of sp³-hybridized carbons (Fsp3) is 0.154. The molecule has 0 aliphatic heterocycles. The van der Waals surface area contributed by atoms with Gasteiger partial charge in [-0.1, -0.05) is 0 Å². The Morgan fingerprint density at radius 2 is 2.22 bits per heavy atom. The van der Waals surface area contributed by atoms with Crippen molar-refractivity contribution in [3.05, 3.63) is 35.6 Å². The lowest BCUT2D eigenvalue weighted by atomic mass is 10.2. The number of aromatic nitrogens is 3. The van der Waals surface area contributed by atoms with Crippen molar-refractivity contribution in [1.29, 1.82) is 0 Å². The van der Waals surface area contributed by atoms with Gasteiger partial charge in [-0.05, 0) is 18.2 Å². The number of benzene rings is 1. The Labute approximate surface area is 108 Å². The lowest BCUT2D eigenvalue weighted by Crippen LogP contribution is -1.91. The number of aryl methyl sites for hydroxylation is 1. The topological polar surface area (TPSA) is 47.8 Å². The van der Waals surface area contributed by atoms with Gasteiger partial charge in [-0.25, -0.2) is 9.97 Å². The number of imidazole rings is 1. The van der Waals surface area contributed by atoms with Crippen LogP contribution >= 0.6 is 11.3 Å². The Morgan fingerprint density at radius 3 is 2.94 bits per heavy atom. The molecule has 3 aromatic rings. The maximum absolute atomic E-state index is 11.2. The highest BCUT2D eigenvalue weighted by Gasteiger charge is 2.09. The van der Waals surface area contributed by atoms with Gasteiger partial charge < -0.3 is 4.57 Å². The van der Waals surface area contributed by atoms with E-state index >= 15 is 0 Å². The molecule has 0 saturated carbocycles. The largest absolute Gasteiger partial charge is 0.334 e. The van der Waals surface area contributed by atoms with Crippen molar-refractivity contribution in [2.45, 2.75) is 6.92 Å². The van der Waals surface area contributed by atoms with Gasteiger partial charge in [-0.15, -0.1) is 11.3 Å². The van der Waals surface area contributed by atoms with Crippen LogP contribution in [0.25, 0.3) is 21.6 Å². The van der Waals surface area contributed by atoms with Crippen molar-refractivity contribution < 1.29 is 4.79 Å². The van der Waals surface area contributed by atoms with Crippen LogP contribution in [0.4, 0.5) is 0 Å². The number of rotatable bonds is 2. The minimum Gasteiger partial charge on any atom is -0.334 e. The molecule has 0 atom stereocenters. The Bertz CT molecular complexity index is 742. The minimum absolute atomic E-state index is 0.00332. The first-order valence-electron chi connectivity index (χ1n) is 5.53. The first-order valence-corrected chi connectivity index (χ1v) is 6.41. The van der Waals surface area contributed by atoms with E-state index in [4.69, 9.17) is 0 Å². The highest BCUT2D eigenvalue weighted by molar-refractivity contribution is 7.13. The standard InChI is InChI=1S/C13H11N3OS/c1-8(17)11-6-18-13(15-11)9-3-4-12-10(5-9)14-7-16(12)2/h3-7H,1-2H3. The van der Waals surface area contributed by atoms with Crippen LogP contribution in [-0.4, -0.2) is 20.3 Å². The molecule has 5 heteroatoms. The SMILES string of the molecule is CC(=O)c1csc(-c2ccc3c(c2)ncn3C)n1. The van der Waals surface area contributed by atoms with Crippen LogP contribution in [0.15, 0.2) is 29.9 Å². The molecule has 0 unspecified atom stereocenters. The average Bonchev–Trinajstić information content (AvgIpc) is 2.96. The smallest absolute Gasteiger partial charge is 0.178 e. The maximum Gasteiger partial charge on any atom is 0.178 e. The Kier molecular flexibility index (Phi) is 2.48. The highest BCUT2D eigenvalue weighted by Crippen LogP contribution is 2.26. The summed E-state index contributed by atoms with van der Waals surface area (Å²) >= 11 is 1.48. The number of carbonyl (C=O) groups is 1. The maximum atomic E-state index is 11.2. The molecule has 1 aromatic carbocycles. The van der Waals surface area contributed by atoms with Gasteiger partial charge in [0.1, 0.15) is 10.7 Å². The van der Waals surface area contributed by atoms with E-state index in [0.29, 0.717) is 5.69 Å². The van der Waals surface area contributed by atoms with E-state index in [0.717, 1.165) is 21.6 Å². The van der Waals surface area contributed by atoms with Gasteiger partial charge in [0.05, 0.1) is 17.4 Å². The molecule has 0 aliphatic carbocycles. The second-order valence-electron chi connectivity index (χ2n) is 4.15. The number of carbonyl (C=O) groups excluding carboxylic acids is 1. The van der Waals surface area contributed by atoms with E-state index in [2.05, 4.69) is 9.97 Å². The second kappa shape index (κ2) is 4.03. The van der Waals surface area contributed by atoms with E-state index in [9.17, 15) is 4.79 Å². The number of ketones is 1. The van der Waals surface area contributed by atoms with Crippen LogP contribution in [0.1, 0.15) is 17.4 Å². The lowest BCUT2D eigenvalue weighted by Gasteiger charge is -1.97. The molecule has 0 radical (unpaired) electrons. The number of hydrogen-bond donors (Lipinski definition) is 0. The molecule has 2 aromatic heterocycles. The quantitative estimate of drug-likeness (QED) is 0.663. The predicted octanol–water partition coefficient (Wildman–Crippen LogP) is 2.90. The van der Waals surface area contributed by atoms with Crippen LogP contribution in [0, 0.1) is 0 Å². The third-order valence-corrected chi connectivity index (χ3v) is 3.73. The zero-order chi connectivity index (χ0) is 12.7. The van der Waals surface area contributed by atoms with Crippen molar-refractivity contribution in [2.24, 2.45) is 7.05 Å². The molecule has 90 valence electrons. The molecule has 0 aliphatic rings. The van der Waals surface area contributed by atoms with E-state index in [-0.39, 0.29) is 5.78 Å². The van der Waals surface area contributed by atoms with Gasteiger partial charge in [0.25, 0.3) is 0 Å². The third-order valence-electron chi connectivity index (χ3n) is 2.84. The fourth-order valence-electron chi connectivity index (χ4n) is 1.84. The summed E-state index contributed by atoms with van der Waals surface area (Å²) in [6, 6.07) is 6.03. The Hall–Kier alpha value is -2.01. The monoisotopic (exact) mass is 257 g/mol. The molecular weight excluding hydrogens is 246 g/mol. The molecule has 2 heterocycles. The molecule has 4 nitrogen and oxygen atoms in total. The summed E-state index contributed by atoms with van der Waals surface area (Å²) in [7, 11) is 1.96. The third kappa shape index (κ3) is 1.73. The van der Waals surface area contributed by atoms with E-state index < -0.39 is 0 Å². The zero-order valence-electron chi connectivity index (χ0n) is 10.0. The van der Waals surface area contributed by atoms with Crippen LogP contribution in [0.5, 0.6) is 0 Å². The van der Waals surface area contributed by atoms with Crippen molar-refractivity contribution in [1.82, 2.24) is 14.5 Å². The highest BCUT2D eigenvalue weighted by atomic mass is 32.1. The molecule has 0 saturated heterocycles. The van der Waals surface area contributed by atoms with Gasteiger partial charge in [-0.3, -0.25) is 4.79 Å².